The van der Waals surface area contributed by atoms with Crippen LogP contribution in [0.15, 0.2) is 0 Å². The van der Waals surface area contributed by atoms with Crippen molar-refractivity contribution in [2.75, 3.05) is 26.2 Å². The van der Waals surface area contributed by atoms with E-state index in [2.05, 4.69) is 21.3 Å². The highest BCUT2D eigenvalue weighted by Gasteiger charge is 2.39. The molecule has 294 valence electrons. The molecule has 0 bridgehead atoms. The second kappa shape index (κ2) is 24.8. The molecule has 0 aliphatic carbocycles. The second-order valence-electron chi connectivity index (χ2n) is 14.2. The Bertz CT molecular complexity index is 1110. The molecule has 1 heterocycles. The van der Waals surface area contributed by atoms with Crippen LogP contribution in [-0.2, 0) is 28.8 Å². The van der Waals surface area contributed by atoms with Gasteiger partial charge in [-0.05, 0) is 102 Å². The van der Waals surface area contributed by atoms with Gasteiger partial charge in [-0.1, -0.05) is 40.5 Å². The second-order valence-corrected chi connectivity index (χ2v) is 14.2. The number of carbonyl (C=O) groups excluding carboxylic acids is 5. The first-order chi connectivity index (χ1) is 24.2. The Morgan fingerprint density at radius 2 is 1.27 bits per heavy atom. The minimum atomic E-state index is -1.17. The van der Waals surface area contributed by atoms with Crippen molar-refractivity contribution in [2.45, 2.75) is 147 Å². The average molecular weight is 726 g/mol. The third-order valence-corrected chi connectivity index (χ3v) is 9.40. The van der Waals surface area contributed by atoms with Crippen LogP contribution >= 0.6 is 0 Å². The number of carboxylic acid groups (broad SMARTS) is 1. The van der Waals surface area contributed by atoms with Crippen molar-refractivity contribution in [3.63, 3.8) is 0 Å². The number of nitrogens with zero attached hydrogens (tertiary/aromatic N) is 1. The maximum atomic E-state index is 13.9. The zero-order chi connectivity index (χ0) is 38.5. The van der Waals surface area contributed by atoms with Crippen LogP contribution in [0.4, 0.5) is 0 Å². The monoisotopic (exact) mass is 726 g/mol. The highest BCUT2D eigenvalue weighted by atomic mass is 16.4. The molecule has 16 nitrogen and oxygen atoms in total. The molecule has 0 aromatic rings. The predicted molar refractivity (Wildman–Crippen MR) is 196 cm³/mol. The molecule has 0 saturated carbocycles. The maximum absolute atomic E-state index is 13.9. The molecule has 1 fully saturated rings. The summed E-state index contributed by atoms with van der Waals surface area (Å²) in [6, 6.07) is -5.80. The van der Waals surface area contributed by atoms with Crippen LogP contribution in [0, 0.1) is 11.8 Å². The van der Waals surface area contributed by atoms with E-state index in [4.69, 9.17) is 22.9 Å². The summed E-state index contributed by atoms with van der Waals surface area (Å²) < 4.78 is 0. The Balaban J connectivity index is 3.19. The van der Waals surface area contributed by atoms with Crippen LogP contribution in [-0.4, -0.2) is 108 Å². The zero-order valence-electron chi connectivity index (χ0n) is 31.3. The first-order valence-electron chi connectivity index (χ1n) is 18.8. The van der Waals surface area contributed by atoms with Gasteiger partial charge < -0.3 is 54.2 Å². The van der Waals surface area contributed by atoms with Crippen LogP contribution < -0.4 is 44.2 Å². The number of amides is 5. The van der Waals surface area contributed by atoms with E-state index in [1.54, 1.807) is 6.92 Å². The lowest BCUT2D eigenvalue weighted by molar-refractivity contribution is -0.143. The minimum absolute atomic E-state index is 0.00810. The number of nitrogens with two attached hydrogens (primary N) is 4. The molecule has 16 heteroatoms. The molecular formula is C35H67N9O7. The molecule has 13 N–H and O–H groups in total. The van der Waals surface area contributed by atoms with Crippen molar-refractivity contribution in [2.24, 2.45) is 34.8 Å². The normalized spacial score (nSPS) is 17.9. The fourth-order valence-electron chi connectivity index (χ4n) is 6.11. The molecule has 0 aromatic carbocycles. The van der Waals surface area contributed by atoms with Crippen molar-refractivity contribution >= 4 is 35.5 Å². The van der Waals surface area contributed by atoms with Gasteiger partial charge in [0.15, 0.2) is 0 Å². The summed E-state index contributed by atoms with van der Waals surface area (Å²) in [7, 11) is 0. The van der Waals surface area contributed by atoms with E-state index in [1.165, 1.54) is 4.90 Å². The molecule has 51 heavy (non-hydrogen) atoms. The van der Waals surface area contributed by atoms with Crippen LogP contribution in [0.5, 0.6) is 0 Å². The van der Waals surface area contributed by atoms with Crippen LogP contribution in [0.1, 0.15) is 111 Å². The van der Waals surface area contributed by atoms with Gasteiger partial charge in [-0.15, -0.1) is 0 Å². The molecular weight excluding hydrogens is 658 g/mol. The third-order valence-electron chi connectivity index (χ3n) is 9.40. The van der Waals surface area contributed by atoms with Crippen molar-refractivity contribution in [1.29, 1.82) is 0 Å². The number of unbranched alkanes of at least 4 members (excludes halogenated alkanes) is 3. The van der Waals surface area contributed by atoms with Gasteiger partial charge in [0, 0.05) is 6.54 Å². The molecule has 0 aromatic heterocycles. The largest absolute Gasteiger partial charge is 0.480 e. The van der Waals surface area contributed by atoms with E-state index in [1.807, 2.05) is 20.8 Å². The minimum Gasteiger partial charge on any atom is -0.480 e. The van der Waals surface area contributed by atoms with Crippen molar-refractivity contribution in [3.05, 3.63) is 0 Å². The summed E-state index contributed by atoms with van der Waals surface area (Å²) in [5.41, 5.74) is 23.0. The highest BCUT2D eigenvalue weighted by molar-refractivity contribution is 5.96. The number of carboxylic acids is 1. The Morgan fingerprint density at radius 3 is 1.80 bits per heavy atom. The SMILES string of the molecule is CC[C@H](C)[C@H](NC(=O)[C@H](CCCCN)NC(=O)[C@@H]1CCCN1C(=O)[C@H](CCCCN)NC(=O)[C@@H](N)CCCCN)C(=O)N[C@@H](CC(C)C)C(=O)O. The molecule has 1 rings (SSSR count). The van der Waals surface area contributed by atoms with Crippen molar-refractivity contribution in [1.82, 2.24) is 26.2 Å². The molecule has 1 aliphatic rings. The van der Waals surface area contributed by atoms with Crippen LogP contribution in [0.25, 0.3) is 0 Å². The summed E-state index contributed by atoms with van der Waals surface area (Å²) in [6.07, 6.45) is 6.37. The molecule has 5 amide bonds. The number of aliphatic carboxylic acids is 1. The highest BCUT2D eigenvalue weighted by Crippen LogP contribution is 2.21. The van der Waals surface area contributed by atoms with Gasteiger partial charge in [0.05, 0.1) is 6.04 Å². The van der Waals surface area contributed by atoms with E-state index >= 15 is 0 Å². The molecule has 7 atom stereocenters. The molecule has 0 unspecified atom stereocenters. The number of carbonyl (C=O) groups is 6. The van der Waals surface area contributed by atoms with E-state index in [0.29, 0.717) is 90.4 Å². The molecule has 1 aliphatic heterocycles. The Labute approximate surface area is 303 Å². The van der Waals surface area contributed by atoms with Crippen molar-refractivity contribution < 1.29 is 33.9 Å². The summed E-state index contributed by atoms with van der Waals surface area (Å²) in [4.78, 5) is 81.1. The van der Waals surface area contributed by atoms with Crippen molar-refractivity contribution in [3.8, 4) is 0 Å². The van der Waals surface area contributed by atoms with Crippen LogP contribution in [0.3, 0.4) is 0 Å². The van der Waals surface area contributed by atoms with Gasteiger partial charge >= 0.3 is 5.97 Å². The zero-order valence-corrected chi connectivity index (χ0v) is 31.3. The van der Waals surface area contributed by atoms with Gasteiger partial charge in [0.2, 0.25) is 29.5 Å². The Hall–Kier alpha value is -3.34. The standard InChI is InChI=1S/C35H67N9O7/c1-5-23(4)29(33(48)42-27(35(50)51)21-22(2)3)43-31(46)25(14-7-10-18-37)40-32(47)28-16-12-20-44(28)34(49)26(15-8-11-19-38)41-30(45)24(39)13-6-9-17-36/h22-29H,5-21,36-39H2,1-4H3,(H,40,47)(H,41,45)(H,42,48)(H,43,46)(H,50,51)/t23-,24-,25-,26-,27-,28-,29-/m0/s1. The maximum Gasteiger partial charge on any atom is 0.326 e. The Kier molecular flexibility index (Phi) is 22.2. The predicted octanol–water partition coefficient (Wildman–Crippen LogP) is -0.192. The van der Waals surface area contributed by atoms with E-state index in [0.717, 1.165) is 6.42 Å². The molecule has 0 spiro atoms. The van der Waals surface area contributed by atoms with Gasteiger partial charge in [0.1, 0.15) is 30.2 Å². The van der Waals surface area contributed by atoms with Gasteiger partial charge in [-0.2, -0.15) is 0 Å². The third kappa shape index (κ3) is 16.3. The number of hydrogen-bond acceptors (Lipinski definition) is 10. The smallest absolute Gasteiger partial charge is 0.326 e. The van der Waals surface area contributed by atoms with E-state index in [9.17, 15) is 33.9 Å². The average Bonchev–Trinajstić information content (AvgIpc) is 3.59. The lowest BCUT2D eigenvalue weighted by Gasteiger charge is -2.31. The van der Waals surface area contributed by atoms with E-state index in [-0.39, 0.29) is 24.7 Å². The van der Waals surface area contributed by atoms with Gasteiger partial charge in [-0.25, -0.2) is 4.79 Å². The first kappa shape index (κ1) is 45.7. The lowest BCUT2D eigenvalue weighted by Crippen LogP contribution is -2.59. The summed E-state index contributed by atoms with van der Waals surface area (Å²) in [5.74, 6) is -4.09. The summed E-state index contributed by atoms with van der Waals surface area (Å²) >= 11 is 0. The Morgan fingerprint density at radius 1 is 0.725 bits per heavy atom. The van der Waals surface area contributed by atoms with Crippen LogP contribution in [0.2, 0.25) is 0 Å². The molecule has 0 radical (unpaired) electrons. The number of rotatable bonds is 26. The summed E-state index contributed by atoms with van der Waals surface area (Å²) in [6.45, 7) is 8.92. The number of likely N-dealkylation sites (tertiary alicyclic amines) is 1. The fraction of sp³-hybridized carbons (Fsp3) is 0.829. The quantitative estimate of drug-likeness (QED) is 0.0527. The fourth-order valence-corrected chi connectivity index (χ4v) is 6.11. The van der Waals surface area contributed by atoms with Gasteiger partial charge in [-0.3, -0.25) is 24.0 Å². The summed E-state index contributed by atoms with van der Waals surface area (Å²) in [5, 5.41) is 20.6. The first-order valence-corrected chi connectivity index (χ1v) is 18.8. The number of hydrogen-bond donors (Lipinski definition) is 9. The van der Waals surface area contributed by atoms with Gasteiger partial charge in [0.25, 0.3) is 0 Å². The number of nitrogens with one attached hydrogen (secondary N) is 4. The topological polar surface area (TPSA) is 278 Å². The lowest BCUT2D eigenvalue weighted by atomic mass is 9.96. The molecule has 1 saturated heterocycles. The van der Waals surface area contributed by atoms with E-state index < -0.39 is 71.8 Å².